The number of rotatable bonds is 8. The second-order valence-corrected chi connectivity index (χ2v) is 7.72. The number of primary amides is 1. The average molecular weight is 375 g/mol. The van der Waals surface area contributed by atoms with E-state index in [0.717, 1.165) is 11.3 Å². The number of aryl methyl sites for hydroxylation is 1. The van der Waals surface area contributed by atoms with Crippen LogP contribution in [0.1, 0.15) is 44.5 Å². The Morgan fingerprint density at radius 3 is 2.58 bits per heavy atom. The fraction of sp³-hybridized carbons (Fsp3) is 0.444. The van der Waals surface area contributed by atoms with Crippen molar-refractivity contribution in [2.45, 2.75) is 49.9 Å². The first kappa shape index (κ1) is 20.0. The van der Waals surface area contributed by atoms with Gasteiger partial charge in [0.2, 0.25) is 11.8 Å². The zero-order chi connectivity index (χ0) is 19.3. The summed E-state index contributed by atoms with van der Waals surface area (Å²) >= 11 is 1.33. The van der Waals surface area contributed by atoms with E-state index in [0.29, 0.717) is 23.3 Å². The summed E-state index contributed by atoms with van der Waals surface area (Å²) in [5.41, 5.74) is 7.11. The standard InChI is InChI=1S/C18H25N5O2S/c1-11(2)13-7-5-6-8-14(13)20-17(25)12(3)26-18-22-21-16(23(18)4)10-9-15(19)24/h5-8,11-12H,9-10H2,1-4H3,(H2,19,24)(H,20,25)/t12-/m0/s1. The Morgan fingerprint density at radius 1 is 1.23 bits per heavy atom. The van der Waals surface area contributed by atoms with Crippen molar-refractivity contribution < 1.29 is 9.59 Å². The molecule has 0 saturated carbocycles. The van der Waals surface area contributed by atoms with Crippen molar-refractivity contribution in [1.82, 2.24) is 14.8 Å². The lowest BCUT2D eigenvalue weighted by molar-refractivity contribution is -0.118. The summed E-state index contributed by atoms with van der Waals surface area (Å²) in [6, 6.07) is 7.81. The molecular formula is C18H25N5O2S. The Labute approximate surface area is 157 Å². The van der Waals surface area contributed by atoms with Gasteiger partial charge in [-0.1, -0.05) is 43.8 Å². The number of anilines is 1. The molecular weight excluding hydrogens is 350 g/mol. The number of hydrogen-bond acceptors (Lipinski definition) is 5. The minimum atomic E-state index is -0.376. The SMILES string of the molecule is CC(C)c1ccccc1NC(=O)[C@H](C)Sc1nnc(CCC(N)=O)n1C. The van der Waals surface area contributed by atoms with Crippen LogP contribution in [0, 0.1) is 0 Å². The van der Waals surface area contributed by atoms with Gasteiger partial charge in [-0.15, -0.1) is 10.2 Å². The van der Waals surface area contributed by atoms with E-state index in [4.69, 9.17) is 5.73 Å². The monoisotopic (exact) mass is 375 g/mol. The first-order valence-electron chi connectivity index (χ1n) is 8.52. The smallest absolute Gasteiger partial charge is 0.237 e. The summed E-state index contributed by atoms with van der Waals surface area (Å²) in [6.45, 7) is 6.02. The number of nitrogens with two attached hydrogens (primary N) is 1. The highest BCUT2D eigenvalue weighted by Crippen LogP contribution is 2.26. The summed E-state index contributed by atoms with van der Waals surface area (Å²) in [5.74, 6) is 0.522. The molecule has 0 aliphatic heterocycles. The molecule has 1 aromatic carbocycles. The third kappa shape index (κ3) is 5.08. The van der Waals surface area contributed by atoms with Crippen molar-refractivity contribution in [1.29, 1.82) is 0 Å². The number of carbonyl (C=O) groups is 2. The Kier molecular flexibility index (Phi) is 6.79. The van der Waals surface area contributed by atoms with E-state index < -0.39 is 0 Å². The zero-order valence-corrected chi connectivity index (χ0v) is 16.3. The van der Waals surface area contributed by atoms with E-state index in [1.54, 1.807) is 4.57 Å². The van der Waals surface area contributed by atoms with Gasteiger partial charge in [-0.05, 0) is 24.5 Å². The molecule has 1 atom stereocenters. The van der Waals surface area contributed by atoms with Crippen LogP contribution in [0.4, 0.5) is 5.69 Å². The van der Waals surface area contributed by atoms with Gasteiger partial charge in [0, 0.05) is 25.6 Å². The first-order valence-corrected chi connectivity index (χ1v) is 9.40. The van der Waals surface area contributed by atoms with Gasteiger partial charge in [0.1, 0.15) is 5.82 Å². The number of carbonyl (C=O) groups excluding carboxylic acids is 2. The van der Waals surface area contributed by atoms with E-state index in [1.807, 2.05) is 38.2 Å². The van der Waals surface area contributed by atoms with Crippen LogP contribution in [0.3, 0.4) is 0 Å². The van der Waals surface area contributed by atoms with E-state index in [2.05, 4.69) is 29.4 Å². The molecule has 140 valence electrons. The molecule has 0 aliphatic carbocycles. The van der Waals surface area contributed by atoms with Gasteiger partial charge in [0.25, 0.3) is 0 Å². The molecule has 0 saturated heterocycles. The van der Waals surface area contributed by atoms with Crippen molar-refractivity contribution in [3.05, 3.63) is 35.7 Å². The van der Waals surface area contributed by atoms with Crippen LogP contribution in [0.2, 0.25) is 0 Å². The predicted molar refractivity (Wildman–Crippen MR) is 103 cm³/mol. The highest BCUT2D eigenvalue weighted by atomic mass is 32.2. The number of hydrogen-bond donors (Lipinski definition) is 2. The summed E-state index contributed by atoms with van der Waals surface area (Å²) < 4.78 is 1.79. The van der Waals surface area contributed by atoms with Crippen LogP contribution in [0.15, 0.2) is 29.4 Å². The van der Waals surface area contributed by atoms with Gasteiger partial charge in [0.15, 0.2) is 5.16 Å². The van der Waals surface area contributed by atoms with Crippen LogP contribution in [0.25, 0.3) is 0 Å². The molecule has 1 aromatic heterocycles. The molecule has 0 bridgehead atoms. The second kappa shape index (κ2) is 8.84. The van der Waals surface area contributed by atoms with Crippen LogP contribution < -0.4 is 11.1 Å². The third-order valence-electron chi connectivity index (χ3n) is 4.01. The normalized spacial score (nSPS) is 12.2. The van der Waals surface area contributed by atoms with Gasteiger partial charge in [-0.3, -0.25) is 9.59 Å². The fourth-order valence-corrected chi connectivity index (χ4v) is 3.29. The van der Waals surface area contributed by atoms with Crippen molar-refractivity contribution in [3.8, 4) is 0 Å². The van der Waals surface area contributed by atoms with Gasteiger partial charge in [0.05, 0.1) is 5.25 Å². The summed E-state index contributed by atoms with van der Waals surface area (Å²) in [5, 5.41) is 11.5. The van der Waals surface area contributed by atoms with Crippen molar-refractivity contribution in [2.24, 2.45) is 12.8 Å². The molecule has 2 rings (SSSR count). The molecule has 2 aromatic rings. The molecule has 0 unspecified atom stereocenters. The maximum Gasteiger partial charge on any atom is 0.237 e. The van der Waals surface area contributed by atoms with Gasteiger partial charge in [-0.2, -0.15) is 0 Å². The number of amides is 2. The highest BCUT2D eigenvalue weighted by Gasteiger charge is 2.20. The minimum absolute atomic E-state index is 0.0928. The molecule has 0 aliphatic rings. The lowest BCUT2D eigenvalue weighted by atomic mass is 10.0. The molecule has 1 heterocycles. The van der Waals surface area contributed by atoms with Crippen LogP contribution in [-0.4, -0.2) is 31.8 Å². The topological polar surface area (TPSA) is 103 Å². The number of nitrogens with one attached hydrogen (secondary N) is 1. The molecule has 0 fully saturated rings. The molecule has 8 heteroatoms. The minimum Gasteiger partial charge on any atom is -0.370 e. The maximum atomic E-state index is 12.6. The lowest BCUT2D eigenvalue weighted by Gasteiger charge is -2.16. The average Bonchev–Trinajstić information content (AvgIpc) is 2.93. The maximum absolute atomic E-state index is 12.6. The van der Waals surface area contributed by atoms with Crippen molar-refractivity contribution in [2.75, 3.05) is 5.32 Å². The molecule has 0 spiro atoms. The largest absolute Gasteiger partial charge is 0.370 e. The van der Waals surface area contributed by atoms with Crippen LogP contribution in [0.5, 0.6) is 0 Å². The Bertz CT molecular complexity index is 788. The third-order valence-corrected chi connectivity index (χ3v) is 5.15. The fourth-order valence-electron chi connectivity index (χ4n) is 2.46. The second-order valence-electron chi connectivity index (χ2n) is 6.42. The Hall–Kier alpha value is -2.35. The molecule has 2 amide bonds. The summed E-state index contributed by atoms with van der Waals surface area (Å²) in [4.78, 5) is 23.5. The Balaban J connectivity index is 2.03. The van der Waals surface area contributed by atoms with Gasteiger partial charge < -0.3 is 15.6 Å². The van der Waals surface area contributed by atoms with E-state index >= 15 is 0 Å². The predicted octanol–water partition coefficient (Wildman–Crippen LogP) is 2.48. The molecule has 0 radical (unpaired) electrons. The summed E-state index contributed by atoms with van der Waals surface area (Å²) in [6.07, 6.45) is 0.653. The van der Waals surface area contributed by atoms with E-state index in [1.165, 1.54) is 11.8 Å². The molecule has 7 nitrogen and oxygen atoms in total. The number of thioether (sulfide) groups is 1. The van der Waals surface area contributed by atoms with E-state index in [9.17, 15) is 9.59 Å². The highest BCUT2D eigenvalue weighted by molar-refractivity contribution is 8.00. The van der Waals surface area contributed by atoms with Crippen molar-refractivity contribution >= 4 is 29.3 Å². The molecule has 3 N–H and O–H groups in total. The number of aromatic nitrogens is 3. The quantitative estimate of drug-likeness (QED) is 0.690. The number of para-hydroxylation sites is 1. The van der Waals surface area contributed by atoms with E-state index in [-0.39, 0.29) is 23.5 Å². The lowest BCUT2D eigenvalue weighted by Crippen LogP contribution is -2.23. The number of nitrogens with zero attached hydrogens (tertiary/aromatic N) is 3. The summed E-state index contributed by atoms with van der Waals surface area (Å²) in [7, 11) is 1.82. The van der Waals surface area contributed by atoms with Crippen LogP contribution >= 0.6 is 11.8 Å². The Morgan fingerprint density at radius 2 is 1.92 bits per heavy atom. The first-order chi connectivity index (χ1) is 12.3. The van der Waals surface area contributed by atoms with Gasteiger partial charge in [-0.25, -0.2) is 0 Å². The van der Waals surface area contributed by atoms with Gasteiger partial charge >= 0.3 is 0 Å². The zero-order valence-electron chi connectivity index (χ0n) is 15.5. The van der Waals surface area contributed by atoms with Crippen molar-refractivity contribution in [3.63, 3.8) is 0 Å². The molecule has 26 heavy (non-hydrogen) atoms. The van der Waals surface area contributed by atoms with Crippen LogP contribution in [-0.2, 0) is 23.1 Å². The number of benzene rings is 1.